The molecular weight excluding hydrogens is 372 g/mol. The first-order valence-corrected chi connectivity index (χ1v) is 10.2. The Morgan fingerprint density at radius 3 is 2.54 bits per heavy atom. The van der Waals surface area contributed by atoms with Crippen molar-refractivity contribution in [1.29, 1.82) is 0 Å². The number of hydrogen-bond acceptors (Lipinski definition) is 5. The molecule has 3 aromatic rings. The van der Waals surface area contributed by atoms with Gasteiger partial charge in [-0.3, -0.25) is 0 Å². The molecular formula is C18H18N2O4S2. The van der Waals surface area contributed by atoms with Crippen molar-refractivity contribution in [3.63, 3.8) is 0 Å². The normalized spacial score (nSPS) is 12.5. The number of carbonyl (C=O) groups is 1. The monoisotopic (exact) mass is 390 g/mol. The van der Waals surface area contributed by atoms with Crippen molar-refractivity contribution < 1.29 is 17.9 Å². The number of aryl methyl sites for hydroxylation is 2. The maximum atomic E-state index is 12.6. The van der Waals surface area contributed by atoms with Crippen LogP contribution < -0.4 is 4.80 Å². The molecule has 136 valence electrons. The van der Waals surface area contributed by atoms with Gasteiger partial charge in [0, 0.05) is 7.05 Å². The molecule has 0 aliphatic carbocycles. The zero-order valence-corrected chi connectivity index (χ0v) is 16.2. The molecule has 0 atom stereocenters. The lowest BCUT2D eigenvalue weighted by molar-refractivity contribution is 0.0526. The maximum Gasteiger partial charge on any atom is 0.338 e. The molecule has 0 spiro atoms. The number of fused-ring (bicyclic) bond motifs is 1. The van der Waals surface area contributed by atoms with E-state index in [2.05, 4.69) is 4.40 Å². The minimum atomic E-state index is -3.81. The van der Waals surface area contributed by atoms with Gasteiger partial charge in [-0.25, -0.2) is 4.79 Å². The Balaban J connectivity index is 2.10. The first-order chi connectivity index (χ1) is 12.3. The average Bonchev–Trinajstić information content (AvgIpc) is 2.90. The van der Waals surface area contributed by atoms with Gasteiger partial charge in [0.05, 0.1) is 27.3 Å². The van der Waals surface area contributed by atoms with Gasteiger partial charge in [0.1, 0.15) is 0 Å². The summed E-state index contributed by atoms with van der Waals surface area (Å²) in [5, 5.41) is 0. The van der Waals surface area contributed by atoms with Gasteiger partial charge in [0.15, 0.2) is 0 Å². The standard InChI is InChI=1S/C18H18N2O4S2/c1-4-24-17(21)13-7-10-15-16(11-13)25-18(20(15)3)19-26(22,23)14-8-5-12(2)6-9-14/h5-11H,4H2,1-3H3/b19-18-. The number of benzene rings is 2. The molecule has 0 saturated heterocycles. The van der Waals surface area contributed by atoms with Crippen molar-refractivity contribution >= 4 is 37.5 Å². The molecule has 0 N–H and O–H groups in total. The van der Waals surface area contributed by atoms with Crippen LogP contribution in [0.1, 0.15) is 22.8 Å². The Morgan fingerprint density at radius 1 is 1.19 bits per heavy atom. The molecule has 1 heterocycles. The number of rotatable bonds is 4. The summed E-state index contributed by atoms with van der Waals surface area (Å²) in [6.07, 6.45) is 0. The van der Waals surface area contributed by atoms with Crippen LogP contribution >= 0.6 is 11.3 Å². The van der Waals surface area contributed by atoms with Crippen molar-refractivity contribution in [2.24, 2.45) is 11.4 Å². The van der Waals surface area contributed by atoms with E-state index in [1.165, 1.54) is 11.3 Å². The van der Waals surface area contributed by atoms with Gasteiger partial charge in [-0.1, -0.05) is 29.0 Å². The maximum absolute atomic E-state index is 12.6. The molecule has 8 heteroatoms. The van der Waals surface area contributed by atoms with E-state index >= 15 is 0 Å². The Hall–Kier alpha value is -2.45. The van der Waals surface area contributed by atoms with Crippen molar-refractivity contribution in [3.05, 3.63) is 58.4 Å². The third-order valence-corrected chi connectivity index (χ3v) is 6.33. The van der Waals surface area contributed by atoms with Gasteiger partial charge in [0.25, 0.3) is 10.0 Å². The minimum absolute atomic E-state index is 0.146. The first kappa shape index (κ1) is 18.3. The lowest BCUT2D eigenvalue weighted by Gasteiger charge is -2.02. The van der Waals surface area contributed by atoms with Crippen molar-refractivity contribution in [3.8, 4) is 0 Å². The third kappa shape index (κ3) is 3.56. The number of hydrogen-bond donors (Lipinski definition) is 0. The highest BCUT2D eigenvalue weighted by Gasteiger charge is 2.15. The summed E-state index contributed by atoms with van der Waals surface area (Å²) < 4.78 is 36.5. The van der Waals surface area contributed by atoms with Crippen LogP contribution in [0.2, 0.25) is 0 Å². The highest BCUT2D eigenvalue weighted by molar-refractivity contribution is 7.90. The van der Waals surface area contributed by atoms with Crippen molar-refractivity contribution in [2.75, 3.05) is 6.61 Å². The number of thiazole rings is 1. The quantitative estimate of drug-likeness (QED) is 0.642. The lowest BCUT2D eigenvalue weighted by Crippen LogP contribution is -2.13. The first-order valence-electron chi connectivity index (χ1n) is 7.96. The predicted octanol–water partition coefficient (Wildman–Crippen LogP) is 3.01. The predicted molar refractivity (Wildman–Crippen MR) is 101 cm³/mol. The highest BCUT2D eigenvalue weighted by Crippen LogP contribution is 2.20. The molecule has 0 saturated carbocycles. The fraction of sp³-hybridized carbons (Fsp3) is 0.222. The summed E-state index contributed by atoms with van der Waals surface area (Å²) in [4.78, 5) is 12.4. The molecule has 26 heavy (non-hydrogen) atoms. The molecule has 0 amide bonds. The van der Waals surface area contributed by atoms with E-state index in [4.69, 9.17) is 4.74 Å². The van der Waals surface area contributed by atoms with Crippen LogP contribution in [0, 0.1) is 6.92 Å². The topological polar surface area (TPSA) is 77.7 Å². The van der Waals surface area contributed by atoms with E-state index in [0.29, 0.717) is 17.0 Å². The summed E-state index contributed by atoms with van der Waals surface area (Å²) in [6.45, 7) is 3.93. The van der Waals surface area contributed by atoms with Gasteiger partial charge in [-0.05, 0) is 44.2 Å². The highest BCUT2D eigenvalue weighted by atomic mass is 32.2. The molecule has 6 nitrogen and oxygen atoms in total. The molecule has 3 rings (SSSR count). The minimum Gasteiger partial charge on any atom is -0.462 e. The van der Waals surface area contributed by atoms with Gasteiger partial charge in [-0.15, -0.1) is 4.40 Å². The summed E-state index contributed by atoms with van der Waals surface area (Å²) >= 11 is 1.21. The fourth-order valence-electron chi connectivity index (χ4n) is 2.43. The second-order valence-electron chi connectivity index (χ2n) is 5.73. The smallest absolute Gasteiger partial charge is 0.338 e. The second kappa shape index (κ2) is 7.05. The number of ether oxygens (including phenoxy) is 1. The second-order valence-corrected chi connectivity index (χ2v) is 8.34. The molecule has 0 radical (unpaired) electrons. The van der Waals surface area contributed by atoms with Crippen molar-refractivity contribution in [2.45, 2.75) is 18.7 Å². The third-order valence-electron chi connectivity index (χ3n) is 3.84. The van der Waals surface area contributed by atoms with E-state index in [1.54, 1.807) is 61.0 Å². The van der Waals surface area contributed by atoms with E-state index in [1.807, 2.05) is 6.92 Å². The van der Waals surface area contributed by atoms with Crippen LogP contribution in [0.4, 0.5) is 0 Å². The summed E-state index contributed by atoms with van der Waals surface area (Å²) in [5.41, 5.74) is 2.19. The Labute approximate surface area is 155 Å². The van der Waals surface area contributed by atoms with E-state index in [9.17, 15) is 13.2 Å². The molecule has 0 fully saturated rings. The Kier molecular flexibility index (Phi) is 4.97. The molecule has 2 aromatic carbocycles. The van der Waals surface area contributed by atoms with Gasteiger partial charge < -0.3 is 9.30 Å². The van der Waals surface area contributed by atoms with Crippen LogP contribution in [-0.2, 0) is 21.8 Å². The van der Waals surface area contributed by atoms with Gasteiger partial charge in [-0.2, -0.15) is 8.42 Å². The molecule has 0 unspecified atom stereocenters. The number of sulfonamides is 1. The van der Waals surface area contributed by atoms with Crippen LogP contribution in [0.15, 0.2) is 51.8 Å². The van der Waals surface area contributed by atoms with E-state index < -0.39 is 16.0 Å². The molecule has 0 aliphatic heterocycles. The van der Waals surface area contributed by atoms with Gasteiger partial charge in [0.2, 0.25) is 4.80 Å². The SMILES string of the molecule is CCOC(=O)c1ccc2c(c1)s/c(=N\S(=O)(=O)c1ccc(C)cc1)n2C. The number of aromatic nitrogens is 1. The largest absolute Gasteiger partial charge is 0.462 e. The molecule has 0 bridgehead atoms. The van der Waals surface area contributed by atoms with Crippen LogP contribution in [-0.4, -0.2) is 25.6 Å². The van der Waals surface area contributed by atoms with E-state index in [-0.39, 0.29) is 4.90 Å². The zero-order chi connectivity index (χ0) is 18.9. The Bertz CT molecular complexity index is 1140. The van der Waals surface area contributed by atoms with Crippen LogP contribution in [0.5, 0.6) is 0 Å². The van der Waals surface area contributed by atoms with Crippen LogP contribution in [0.25, 0.3) is 10.2 Å². The molecule has 1 aromatic heterocycles. The lowest BCUT2D eigenvalue weighted by atomic mass is 10.2. The van der Waals surface area contributed by atoms with Gasteiger partial charge >= 0.3 is 5.97 Å². The molecule has 0 aliphatic rings. The fourth-order valence-corrected chi connectivity index (χ4v) is 4.71. The number of carbonyl (C=O) groups excluding carboxylic acids is 1. The number of esters is 1. The summed E-state index contributed by atoms with van der Waals surface area (Å²) in [7, 11) is -2.07. The Morgan fingerprint density at radius 2 is 1.88 bits per heavy atom. The van der Waals surface area contributed by atoms with Crippen molar-refractivity contribution in [1.82, 2.24) is 4.57 Å². The summed E-state index contributed by atoms with van der Waals surface area (Å²) in [6, 6.07) is 11.7. The average molecular weight is 390 g/mol. The summed E-state index contributed by atoms with van der Waals surface area (Å²) in [5.74, 6) is -0.406. The van der Waals surface area contributed by atoms with Crippen LogP contribution in [0.3, 0.4) is 0 Å². The zero-order valence-electron chi connectivity index (χ0n) is 14.6. The number of nitrogens with zero attached hydrogens (tertiary/aromatic N) is 2. The van der Waals surface area contributed by atoms with E-state index in [0.717, 1.165) is 15.8 Å².